The van der Waals surface area contributed by atoms with Crippen molar-refractivity contribution in [3.63, 3.8) is 0 Å². The number of likely N-dealkylation sites (tertiary alicyclic amines) is 1. The van der Waals surface area contributed by atoms with E-state index in [4.69, 9.17) is 16.3 Å². The van der Waals surface area contributed by atoms with Gasteiger partial charge in [-0.2, -0.15) is 13.2 Å². The van der Waals surface area contributed by atoms with Crippen molar-refractivity contribution in [1.82, 2.24) is 19.8 Å². The van der Waals surface area contributed by atoms with E-state index in [0.29, 0.717) is 24.3 Å². The minimum absolute atomic E-state index is 0.0264. The number of nitrogens with one attached hydrogen (secondary N) is 3. The van der Waals surface area contributed by atoms with Crippen LogP contribution in [0.15, 0.2) is 42.5 Å². The SMILES string of the molecule is CC[C@@H]1C[C@]1(NC(=O)[C@@H]1C[C@@H](OC(=O)N2Cc3cccc(Cl)c3C2)CN1C(=O)[C@@H](Nc1cccc(C(F)(F)F)c1)C(C)(C)C)C(=O)NS(=O)(=O)C1(C)CC1. The van der Waals surface area contributed by atoms with Gasteiger partial charge >= 0.3 is 12.3 Å². The third kappa shape index (κ3) is 7.73. The lowest BCUT2D eigenvalue weighted by atomic mass is 9.85. The number of halogens is 4. The number of anilines is 1. The molecule has 2 heterocycles. The highest BCUT2D eigenvalue weighted by Gasteiger charge is 2.63. The molecule has 2 aliphatic carbocycles. The molecule has 4 aliphatic rings. The fourth-order valence-corrected chi connectivity index (χ4v) is 8.83. The smallest absolute Gasteiger partial charge is 0.416 e. The number of carbonyl (C=O) groups excluding carboxylic acids is 4. The van der Waals surface area contributed by atoms with Gasteiger partial charge in [0.1, 0.15) is 23.7 Å². The first-order valence-corrected chi connectivity index (χ1v) is 19.8. The second-order valence-electron chi connectivity index (χ2n) is 16.2. The zero-order chi connectivity index (χ0) is 39.6. The Morgan fingerprint density at radius 1 is 1.06 bits per heavy atom. The predicted molar refractivity (Wildman–Crippen MR) is 193 cm³/mol. The molecule has 2 aromatic carbocycles. The summed E-state index contributed by atoms with van der Waals surface area (Å²) in [5.41, 5.74) is -1.71. The van der Waals surface area contributed by atoms with E-state index in [9.17, 15) is 40.8 Å². The Balaban J connectivity index is 1.26. The van der Waals surface area contributed by atoms with Gasteiger partial charge in [-0.25, -0.2) is 13.2 Å². The van der Waals surface area contributed by atoms with Gasteiger partial charge in [-0.05, 0) is 72.9 Å². The molecule has 3 N–H and O–H groups in total. The molecule has 17 heteroatoms. The van der Waals surface area contributed by atoms with Crippen LogP contribution >= 0.6 is 11.6 Å². The Labute approximate surface area is 317 Å². The maximum absolute atomic E-state index is 14.5. The van der Waals surface area contributed by atoms with E-state index >= 15 is 0 Å². The molecule has 5 atom stereocenters. The molecular weight excluding hydrogens is 751 g/mol. The number of fused-ring (bicyclic) bond motifs is 1. The molecule has 0 aromatic heterocycles. The van der Waals surface area contributed by atoms with Crippen molar-refractivity contribution in [3.8, 4) is 0 Å². The van der Waals surface area contributed by atoms with Crippen LogP contribution in [0.2, 0.25) is 5.02 Å². The number of alkyl halides is 3. The van der Waals surface area contributed by atoms with Gasteiger partial charge in [-0.1, -0.05) is 63.9 Å². The quantitative estimate of drug-likeness (QED) is 0.282. The minimum atomic E-state index is -4.63. The molecular formula is C37H45ClF3N5O7S. The second kappa shape index (κ2) is 13.9. The van der Waals surface area contributed by atoms with Gasteiger partial charge in [-0.3, -0.25) is 24.0 Å². The van der Waals surface area contributed by atoms with E-state index in [1.807, 2.05) is 6.07 Å². The number of amides is 4. The molecule has 294 valence electrons. The molecule has 1 saturated heterocycles. The van der Waals surface area contributed by atoms with Gasteiger partial charge in [0.2, 0.25) is 21.8 Å². The lowest BCUT2D eigenvalue weighted by molar-refractivity contribution is -0.141. The number of benzene rings is 2. The largest absolute Gasteiger partial charge is 0.444 e. The van der Waals surface area contributed by atoms with Crippen LogP contribution in [-0.2, 0) is 48.4 Å². The third-order valence-corrected chi connectivity index (χ3v) is 13.6. The topological polar surface area (TPSA) is 154 Å². The molecule has 0 bridgehead atoms. The van der Waals surface area contributed by atoms with Crippen LogP contribution in [-0.4, -0.2) is 77.1 Å². The number of nitrogens with zero attached hydrogens (tertiary/aromatic N) is 2. The summed E-state index contributed by atoms with van der Waals surface area (Å²) in [4.78, 5) is 58.5. The number of hydrogen-bond acceptors (Lipinski definition) is 8. The van der Waals surface area contributed by atoms with Gasteiger partial charge in [0.05, 0.1) is 23.4 Å². The van der Waals surface area contributed by atoms with E-state index < -0.39 is 79.5 Å². The van der Waals surface area contributed by atoms with E-state index in [0.717, 1.165) is 23.3 Å². The van der Waals surface area contributed by atoms with E-state index in [1.165, 1.54) is 28.9 Å². The van der Waals surface area contributed by atoms with Crippen LogP contribution < -0.4 is 15.4 Å². The number of ether oxygens (including phenoxy) is 1. The van der Waals surface area contributed by atoms with E-state index in [2.05, 4.69) is 15.4 Å². The van der Waals surface area contributed by atoms with Crippen molar-refractivity contribution >= 4 is 51.1 Å². The van der Waals surface area contributed by atoms with Crippen molar-refractivity contribution in [2.75, 3.05) is 11.9 Å². The fraction of sp³-hybridized carbons (Fsp3) is 0.568. The molecule has 2 aromatic rings. The highest BCUT2D eigenvalue weighted by molar-refractivity contribution is 7.91. The highest BCUT2D eigenvalue weighted by atomic mass is 35.5. The van der Waals surface area contributed by atoms with Crippen molar-refractivity contribution in [3.05, 3.63) is 64.2 Å². The summed E-state index contributed by atoms with van der Waals surface area (Å²) in [6.45, 7) is 8.68. The van der Waals surface area contributed by atoms with Crippen molar-refractivity contribution in [1.29, 1.82) is 0 Å². The Bertz CT molecular complexity index is 1970. The van der Waals surface area contributed by atoms with Crippen LogP contribution in [0.1, 0.15) is 83.4 Å². The molecule has 54 heavy (non-hydrogen) atoms. The predicted octanol–water partition coefficient (Wildman–Crippen LogP) is 5.59. The Kier molecular flexibility index (Phi) is 10.2. The fourth-order valence-electron chi connectivity index (χ4n) is 7.26. The van der Waals surface area contributed by atoms with E-state index in [1.54, 1.807) is 39.8 Å². The Morgan fingerprint density at radius 3 is 2.33 bits per heavy atom. The van der Waals surface area contributed by atoms with Crippen LogP contribution in [0.4, 0.5) is 23.7 Å². The average molecular weight is 796 g/mol. The van der Waals surface area contributed by atoms with Crippen molar-refractivity contribution in [2.45, 2.75) is 114 Å². The lowest BCUT2D eigenvalue weighted by Crippen LogP contribution is -2.59. The number of rotatable bonds is 10. The van der Waals surface area contributed by atoms with Crippen molar-refractivity contribution in [2.24, 2.45) is 11.3 Å². The highest BCUT2D eigenvalue weighted by Crippen LogP contribution is 2.48. The summed E-state index contributed by atoms with van der Waals surface area (Å²) in [5.74, 6) is -2.64. The van der Waals surface area contributed by atoms with E-state index in [-0.39, 0.29) is 44.1 Å². The van der Waals surface area contributed by atoms with Gasteiger partial charge < -0.3 is 20.3 Å². The molecule has 2 aliphatic heterocycles. The van der Waals surface area contributed by atoms with Crippen LogP contribution in [0, 0.1) is 11.3 Å². The minimum Gasteiger partial charge on any atom is -0.444 e. The zero-order valence-corrected chi connectivity index (χ0v) is 32.3. The number of sulfonamides is 1. The summed E-state index contributed by atoms with van der Waals surface area (Å²) in [7, 11) is -4.03. The summed E-state index contributed by atoms with van der Waals surface area (Å²) in [6, 6.07) is 7.31. The number of carbonyl (C=O) groups is 4. The molecule has 2 saturated carbocycles. The molecule has 6 rings (SSSR count). The Morgan fingerprint density at radius 2 is 1.74 bits per heavy atom. The lowest BCUT2D eigenvalue weighted by Gasteiger charge is -2.36. The van der Waals surface area contributed by atoms with Crippen molar-refractivity contribution < 1.29 is 45.5 Å². The van der Waals surface area contributed by atoms with Crippen LogP contribution in [0.5, 0.6) is 0 Å². The first-order valence-electron chi connectivity index (χ1n) is 17.9. The summed E-state index contributed by atoms with van der Waals surface area (Å²) < 4.78 is 73.7. The summed E-state index contributed by atoms with van der Waals surface area (Å²) in [5, 5.41) is 6.21. The molecule has 0 spiro atoms. The maximum atomic E-state index is 14.5. The molecule has 0 unspecified atom stereocenters. The standard InChI is InChI=1S/C37H45ClF3N5O7S/c1-6-22-17-36(22,32(49)44-54(51,52)35(5)13-14-35)43-30(47)28-16-25(53-33(50)45-18-21-9-7-12-27(38)26(21)20-45)19-46(28)31(48)29(34(2,3)4)42-24-11-8-10-23(15-24)37(39,40)41/h7-12,15,22,25,28-29,42H,6,13-14,16-20H2,1-5H3,(H,43,47)(H,44,49)/t22-,25-,28+,29-,36-/m1/s1. The molecule has 12 nitrogen and oxygen atoms in total. The third-order valence-electron chi connectivity index (χ3n) is 11.1. The second-order valence-corrected chi connectivity index (χ2v) is 18.8. The first-order chi connectivity index (χ1) is 25.1. The summed E-state index contributed by atoms with van der Waals surface area (Å²) >= 11 is 6.34. The number of hydrogen-bond donors (Lipinski definition) is 3. The van der Waals surface area contributed by atoms with Gasteiger partial charge in [0.25, 0.3) is 5.91 Å². The normalized spacial score (nSPS) is 25.0. The maximum Gasteiger partial charge on any atom is 0.416 e. The van der Waals surface area contributed by atoms with Gasteiger partial charge in [0, 0.05) is 23.7 Å². The molecule has 4 amide bonds. The zero-order valence-electron chi connectivity index (χ0n) is 30.7. The van der Waals surface area contributed by atoms with Crippen LogP contribution in [0.25, 0.3) is 0 Å². The average Bonchev–Trinajstić information content (AvgIpc) is 3.89. The summed E-state index contributed by atoms with van der Waals surface area (Å²) in [6.07, 6.45) is -5.05. The Hall–Kier alpha value is -4.05. The molecule has 0 radical (unpaired) electrons. The van der Waals surface area contributed by atoms with Gasteiger partial charge in [-0.15, -0.1) is 0 Å². The molecule has 3 fully saturated rings. The van der Waals surface area contributed by atoms with Gasteiger partial charge in [0.15, 0.2) is 0 Å². The van der Waals surface area contributed by atoms with Crippen LogP contribution in [0.3, 0.4) is 0 Å². The first kappa shape index (κ1) is 39.6. The monoisotopic (exact) mass is 795 g/mol.